The van der Waals surface area contributed by atoms with E-state index in [0.717, 1.165) is 31.1 Å². The van der Waals surface area contributed by atoms with Crippen LogP contribution in [-0.2, 0) is 9.53 Å². The van der Waals surface area contributed by atoms with Crippen LogP contribution in [0.5, 0.6) is 0 Å². The zero-order valence-corrected chi connectivity index (χ0v) is 11.9. The van der Waals surface area contributed by atoms with E-state index in [1.54, 1.807) is 0 Å². The molecule has 1 unspecified atom stereocenters. The Balaban J connectivity index is 2.17. The molecule has 1 atom stereocenters. The highest BCUT2D eigenvalue weighted by Gasteiger charge is 2.19. The summed E-state index contributed by atoms with van der Waals surface area (Å²) in [6, 6.07) is -1.49. The number of methoxy groups -OCH3 is 1. The lowest BCUT2D eigenvalue weighted by Crippen LogP contribution is -2.49. The van der Waals surface area contributed by atoms with Gasteiger partial charge in [-0.15, -0.1) is 0 Å². The van der Waals surface area contributed by atoms with Crippen LogP contribution in [0.1, 0.15) is 0 Å². The smallest absolute Gasteiger partial charge is 0.328 e. The van der Waals surface area contributed by atoms with Crippen LogP contribution in [0.2, 0.25) is 0 Å². The summed E-state index contributed by atoms with van der Waals surface area (Å²) in [6.07, 6.45) is 0. The topological polar surface area (TPSA) is 90.9 Å². The van der Waals surface area contributed by atoms with Gasteiger partial charge in [0.1, 0.15) is 0 Å². The highest BCUT2D eigenvalue weighted by Crippen LogP contribution is 2.07. The Hall–Kier alpha value is -0.990. The van der Waals surface area contributed by atoms with Crippen molar-refractivity contribution in [3.63, 3.8) is 0 Å². The Morgan fingerprint density at radius 1 is 1.42 bits per heavy atom. The van der Waals surface area contributed by atoms with Crippen molar-refractivity contribution < 1.29 is 19.4 Å². The highest BCUT2D eigenvalue weighted by molar-refractivity contribution is 7.99. The Kier molecular flexibility index (Phi) is 7.61. The minimum Gasteiger partial charge on any atom is -0.480 e. The van der Waals surface area contributed by atoms with Gasteiger partial charge in [-0.25, -0.2) is 9.59 Å². The minimum absolute atomic E-state index is 0.0495. The second kappa shape index (κ2) is 9.00. The second-order valence-corrected chi connectivity index (χ2v) is 5.43. The monoisotopic (exact) mass is 291 g/mol. The molecule has 19 heavy (non-hydrogen) atoms. The number of rotatable bonds is 7. The van der Waals surface area contributed by atoms with Gasteiger partial charge in [-0.05, 0) is 0 Å². The van der Waals surface area contributed by atoms with Gasteiger partial charge >= 0.3 is 12.0 Å². The van der Waals surface area contributed by atoms with Crippen molar-refractivity contribution in [3.05, 3.63) is 0 Å². The molecule has 0 radical (unpaired) electrons. The van der Waals surface area contributed by atoms with Crippen LogP contribution < -0.4 is 10.6 Å². The Morgan fingerprint density at radius 3 is 2.68 bits per heavy atom. The molecule has 1 rings (SSSR count). The Bertz CT molecular complexity index is 298. The van der Waals surface area contributed by atoms with E-state index in [1.165, 1.54) is 7.11 Å². The number of urea groups is 1. The number of hydrogen-bond donors (Lipinski definition) is 3. The summed E-state index contributed by atoms with van der Waals surface area (Å²) in [6.45, 7) is 3.32. The first-order valence-corrected chi connectivity index (χ1v) is 7.35. The minimum atomic E-state index is -1.11. The number of thioether (sulfide) groups is 1. The number of aliphatic carboxylic acids is 1. The molecule has 0 spiro atoms. The molecule has 1 aliphatic rings. The van der Waals surface area contributed by atoms with Gasteiger partial charge in [0.15, 0.2) is 6.04 Å². The summed E-state index contributed by atoms with van der Waals surface area (Å²) in [4.78, 5) is 24.6. The highest BCUT2D eigenvalue weighted by atomic mass is 32.2. The molecule has 2 amide bonds. The van der Waals surface area contributed by atoms with Crippen LogP contribution in [0.3, 0.4) is 0 Å². The summed E-state index contributed by atoms with van der Waals surface area (Å²) in [5.74, 6) is 1.15. The van der Waals surface area contributed by atoms with Gasteiger partial charge < -0.3 is 20.5 Å². The normalized spacial score (nSPS) is 17.7. The summed E-state index contributed by atoms with van der Waals surface area (Å²) < 4.78 is 4.73. The first-order chi connectivity index (χ1) is 9.13. The molecular formula is C11H21N3O4S. The van der Waals surface area contributed by atoms with Gasteiger partial charge in [0.2, 0.25) is 0 Å². The first-order valence-electron chi connectivity index (χ1n) is 6.19. The van der Waals surface area contributed by atoms with Crippen molar-refractivity contribution in [2.24, 2.45) is 0 Å². The van der Waals surface area contributed by atoms with Gasteiger partial charge in [-0.3, -0.25) is 4.90 Å². The number of carboxylic acid groups (broad SMARTS) is 1. The molecule has 0 saturated carbocycles. The molecule has 8 heteroatoms. The number of carboxylic acids is 1. The number of hydrogen-bond acceptors (Lipinski definition) is 5. The summed E-state index contributed by atoms with van der Waals surface area (Å²) >= 11 is 1.93. The third-order valence-electron chi connectivity index (χ3n) is 2.75. The molecule has 7 nitrogen and oxygen atoms in total. The molecule has 0 aliphatic carbocycles. The molecule has 3 N–H and O–H groups in total. The third-order valence-corrected chi connectivity index (χ3v) is 3.70. The van der Waals surface area contributed by atoms with E-state index >= 15 is 0 Å². The van der Waals surface area contributed by atoms with Gasteiger partial charge in [0.25, 0.3) is 0 Å². The van der Waals surface area contributed by atoms with E-state index in [1.807, 2.05) is 11.8 Å². The lowest BCUT2D eigenvalue weighted by Gasteiger charge is -2.26. The predicted octanol–water partition coefficient (Wildman–Crippen LogP) is -0.566. The van der Waals surface area contributed by atoms with Crippen LogP contribution >= 0.6 is 11.8 Å². The van der Waals surface area contributed by atoms with Crippen molar-refractivity contribution in [2.45, 2.75) is 6.04 Å². The van der Waals surface area contributed by atoms with E-state index in [0.29, 0.717) is 6.54 Å². The molecule has 0 bridgehead atoms. The van der Waals surface area contributed by atoms with Crippen molar-refractivity contribution >= 4 is 23.8 Å². The van der Waals surface area contributed by atoms with E-state index in [-0.39, 0.29) is 6.61 Å². The number of ether oxygens (including phenoxy) is 1. The van der Waals surface area contributed by atoms with Gasteiger partial charge in [-0.2, -0.15) is 11.8 Å². The van der Waals surface area contributed by atoms with Gasteiger partial charge in [0.05, 0.1) is 6.61 Å². The Labute approximate surface area is 117 Å². The van der Waals surface area contributed by atoms with Crippen LogP contribution in [0.15, 0.2) is 0 Å². The van der Waals surface area contributed by atoms with Crippen molar-refractivity contribution in [3.8, 4) is 0 Å². The number of carbonyl (C=O) groups excluding carboxylic acids is 1. The summed E-state index contributed by atoms with van der Waals surface area (Å²) in [5, 5.41) is 13.9. The van der Waals surface area contributed by atoms with Crippen LogP contribution in [-0.4, -0.2) is 79.5 Å². The molecule has 0 aromatic heterocycles. The standard InChI is InChI=1S/C11H21N3O4S/c1-18-8-9(10(15)16)13-11(17)12-2-3-14-4-6-19-7-5-14/h9H,2-8H2,1H3,(H,15,16)(H2,12,13,17). The molecule has 0 aromatic carbocycles. The van der Waals surface area contributed by atoms with Gasteiger partial charge in [-0.1, -0.05) is 0 Å². The maximum atomic E-state index is 11.5. The van der Waals surface area contributed by atoms with E-state index in [9.17, 15) is 9.59 Å². The summed E-state index contributed by atoms with van der Waals surface area (Å²) in [5.41, 5.74) is 0. The SMILES string of the molecule is COCC(NC(=O)NCCN1CCSCC1)C(=O)O. The molecular weight excluding hydrogens is 270 g/mol. The fourth-order valence-corrected chi connectivity index (χ4v) is 2.68. The third kappa shape index (κ3) is 6.65. The van der Waals surface area contributed by atoms with Crippen LogP contribution in [0, 0.1) is 0 Å². The van der Waals surface area contributed by atoms with E-state index < -0.39 is 18.0 Å². The maximum Gasteiger partial charge on any atom is 0.328 e. The van der Waals surface area contributed by atoms with E-state index in [2.05, 4.69) is 15.5 Å². The van der Waals surface area contributed by atoms with Crippen LogP contribution in [0.25, 0.3) is 0 Å². The number of nitrogens with one attached hydrogen (secondary N) is 2. The van der Waals surface area contributed by atoms with Crippen LogP contribution in [0.4, 0.5) is 4.79 Å². The predicted molar refractivity (Wildman–Crippen MR) is 73.6 cm³/mol. The quantitative estimate of drug-likeness (QED) is 0.582. The fourth-order valence-electron chi connectivity index (χ4n) is 1.70. The maximum absolute atomic E-state index is 11.5. The second-order valence-electron chi connectivity index (χ2n) is 4.20. The molecule has 1 aliphatic heterocycles. The largest absolute Gasteiger partial charge is 0.480 e. The number of amides is 2. The molecule has 1 heterocycles. The average molecular weight is 291 g/mol. The number of carbonyl (C=O) groups is 2. The lowest BCUT2D eigenvalue weighted by molar-refractivity contribution is -0.140. The van der Waals surface area contributed by atoms with E-state index in [4.69, 9.17) is 9.84 Å². The zero-order valence-electron chi connectivity index (χ0n) is 11.1. The zero-order chi connectivity index (χ0) is 14.1. The van der Waals surface area contributed by atoms with Crippen molar-refractivity contribution in [1.29, 1.82) is 0 Å². The van der Waals surface area contributed by atoms with Crippen molar-refractivity contribution in [1.82, 2.24) is 15.5 Å². The van der Waals surface area contributed by atoms with Gasteiger partial charge in [0, 0.05) is 44.8 Å². The molecule has 0 aromatic rings. The molecule has 1 saturated heterocycles. The summed E-state index contributed by atoms with van der Waals surface area (Å²) in [7, 11) is 1.39. The average Bonchev–Trinajstić information content (AvgIpc) is 2.39. The Morgan fingerprint density at radius 2 is 2.11 bits per heavy atom. The molecule has 1 fully saturated rings. The number of nitrogens with zero attached hydrogens (tertiary/aromatic N) is 1. The lowest BCUT2D eigenvalue weighted by atomic mass is 10.3. The van der Waals surface area contributed by atoms with Crippen molar-refractivity contribution in [2.75, 3.05) is 51.4 Å². The molecule has 110 valence electrons. The first kappa shape index (κ1) is 16.1. The fraction of sp³-hybridized carbons (Fsp3) is 0.818.